The molecule has 1 amide bonds. The Morgan fingerprint density at radius 3 is 2.36 bits per heavy atom. The lowest BCUT2D eigenvalue weighted by Gasteiger charge is -2.08. The van der Waals surface area contributed by atoms with E-state index in [1.807, 2.05) is 6.07 Å². The second-order valence-corrected chi connectivity index (χ2v) is 2.62. The summed E-state index contributed by atoms with van der Waals surface area (Å²) in [6.45, 7) is 0. The molecule has 0 radical (unpaired) electrons. The minimum absolute atomic E-state index is 0.488. The highest BCUT2D eigenvalue weighted by molar-refractivity contribution is 7.97. The fourth-order valence-electron chi connectivity index (χ4n) is 0.669. The standard InChI is InChI=1S/C7H6ClNOS/c8-9(7(10)11)6-4-2-1-3-5-6/h1-5H,(H,10,11). The largest absolute Gasteiger partial charge is 0.297 e. The highest BCUT2D eigenvalue weighted by Gasteiger charge is 2.06. The first-order valence-electron chi connectivity index (χ1n) is 2.95. The van der Waals surface area contributed by atoms with Crippen LogP contribution in [0.15, 0.2) is 30.3 Å². The molecule has 4 heteroatoms. The molecule has 0 aliphatic heterocycles. The number of benzene rings is 1. The second kappa shape index (κ2) is 3.64. The fourth-order valence-corrected chi connectivity index (χ4v) is 0.897. The molecule has 0 unspecified atom stereocenters. The molecule has 2 nitrogen and oxygen atoms in total. The molecule has 0 N–H and O–H groups in total. The first-order chi connectivity index (χ1) is 5.22. The van der Waals surface area contributed by atoms with Gasteiger partial charge in [-0.25, -0.2) is 4.42 Å². The van der Waals surface area contributed by atoms with E-state index in [0.29, 0.717) is 5.69 Å². The molecule has 0 heterocycles. The van der Waals surface area contributed by atoms with Crippen LogP contribution < -0.4 is 4.42 Å². The minimum Gasteiger partial charge on any atom is -0.260 e. The number of halogens is 1. The van der Waals surface area contributed by atoms with Gasteiger partial charge < -0.3 is 0 Å². The average molecular weight is 188 g/mol. The van der Waals surface area contributed by atoms with Crippen LogP contribution in [0, 0.1) is 0 Å². The van der Waals surface area contributed by atoms with Gasteiger partial charge in [0.25, 0.3) is 5.24 Å². The molecule has 0 saturated heterocycles. The normalized spacial score (nSPS) is 9.27. The molecule has 0 saturated carbocycles. The smallest absolute Gasteiger partial charge is 0.260 e. The lowest BCUT2D eigenvalue weighted by atomic mass is 10.3. The molecule has 0 aromatic heterocycles. The number of nitrogens with zero attached hydrogens (tertiary/aromatic N) is 1. The van der Waals surface area contributed by atoms with Crippen molar-refractivity contribution in [2.45, 2.75) is 0 Å². The maximum absolute atomic E-state index is 10.6. The maximum Gasteiger partial charge on any atom is 0.297 e. The van der Waals surface area contributed by atoms with Crippen molar-refractivity contribution in [2.24, 2.45) is 0 Å². The van der Waals surface area contributed by atoms with Crippen LogP contribution in [0.1, 0.15) is 0 Å². The van der Waals surface area contributed by atoms with Crippen molar-refractivity contribution in [1.82, 2.24) is 0 Å². The lowest BCUT2D eigenvalue weighted by Crippen LogP contribution is -2.12. The molecule has 0 atom stereocenters. The Bertz CT molecular complexity index is 252. The van der Waals surface area contributed by atoms with Crippen molar-refractivity contribution in [2.75, 3.05) is 4.42 Å². The van der Waals surface area contributed by atoms with Crippen LogP contribution >= 0.6 is 24.4 Å². The Hall–Kier alpha value is -0.670. The summed E-state index contributed by atoms with van der Waals surface area (Å²) in [5, 5.41) is -0.488. The van der Waals surface area contributed by atoms with E-state index >= 15 is 0 Å². The van der Waals surface area contributed by atoms with E-state index in [4.69, 9.17) is 11.8 Å². The van der Waals surface area contributed by atoms with Crippen molar-refractivity contribution in [3.05, 3.63) is 30.3 Å². The molecular formula is C7H6ClNOS. The summed E-state index contributed by atoms with van der Waals surface area (Å²) in [6.07, 6.45) is 0. The summed E-state index contributed by atoms with van der Waals surface area (Å²) in [4.78, 5) is 10.6. The summed E-state index contributed by atoms with van der Waals surface area (Å²) >= 11 is 9.11. The molecule has 58 valence electrons. The zero-order chi connectivity index (χ0) is 8.27. The Labute approximate surface area is 75.3 Å². The van der Waals surface area contributed by atoms with Gasteiger partial charge in [0.1, 0.15) is 0 Å². The Kier molecular flexibility index (Phi) is 2.79. The number of thiol groups is 1. The number of carbonyl (C=O) groups excluding carboxylic acids is 1. The van der Waals surface area contributed by atoms with Crippen LogP contribution in [0.4, 0.5) is 10.5 Å². The van der Waals surface area contributed by atoms with Crippen LogP contribution in [0.5, 0.6) is 0 Å². The minimum atomic E-state index is -0.488. The van der Waals surface area contributed by atoms with E-state index in [1.165, 1.54) is 0 Å². The van der Waals surface area contributed by atoms with Gasteiger partial charge in [0.05, 0.1) is 5.69 Å². The molecule has 1 aromatic rings. The third kappa shape index (κ3) is 2.13. The zero-order valence-corrected chi connectivity index (χ0v) is 7.22. The molecular weight excluding hydrogens is 182 g/mol. The van der Waals surface area contributed by atoms with Gasteiger partial charge in [0.15, 0.2) is 0 Å². The average Bonchev–Trinajstić information content (AvgIpc) is 2.05. The van der Waals surface area contributed by atoms with E-state index in [2.05, 4.69) is 12.6 Å². The van der Waals surface area contributed by atoms with Gasteiger partial charge in [-0.15, -0.1) is 0 Å². The van der Waals surface area contributed by atoms with E-state index in [9.17, 15) is 4.79 Å². The maximum atomic E-state index is 10.6. The predicted octanol–water partition coefficient (Wildman–Crippen LogP) is 2.70. The topological polar surface area (TPSA) is 20.3 Å². The van der Waals surface area contributed by atoms with Crippen LogP contribution in [-0.2, 0) is 0 Å². The number of hydrogen-bond donors (Lipinski definition) is 1. The number of anilines is 1. The van der Waals surface area contributed by atoms with Gasteiger partial charge in [-0.3, -0.25) is 4.79 Å². The van der Waals surface area contributed by atoms with Crippen LogP contribution in [0.25, 0.3) is 0 Å². The monoisotopic (exact) mass is 187 g/mol. The van der Waals surface area contributed by atoms with E-state index in [1.54, 1.807) is 24.3 Å². The van der Waals surface area contributed by atoms with Gasteiger partial charge in [0.2, 0.25) is 0 Å². The van der Waals surface area contributed by atoms with E-state index in [-0.39, 0.29) is 0 Å². The highest BCUT2D eigenvalue weighted by Crippen LogP contribution is 2.16. The van der Waals surface area contributed by atoms with Crippen molar-refractivity contribution in [1.29, 1.82) is 0 Å². The molecule has 0 spiro atoms. The van der Waals surface area contributed by atoms with Crippen molar-refractivity contribution >= 4 is 35.3 Å². The summed E-state index contributed by atoms with van der Waals surface area (Å²) in [7, 11) is 0. The number of carbonyl (C=O) groups is 1. The second-order valence-electron chi connectivity index (χ2n) is 1.90. The van der Waals surface area contributed by atoms with E-state index < -0.39 is 5.24 Å². The van der Waals surface area contributed by atoms with Gasteiger partial charge >= 0.3 is 0 Å². The zero-order valence-electron chi connectivity index (χ0n) is 5.57. The number of hydrogen-bond acceptors (Lipinski definition) is 1. The van der Waals surface area contributed by atoms with Crippen molar-refractivity contribution < 1.29 is 4.79 Å². The summed E-state index contributed by atoms with van der Waals surface area (Å²) < 4.78 is 0.948. The first-order valence-corrected chi connectivity index (χ1v) is 3.74. The Morgan fingerprint density at radius 1 is 1.36 bits per heavy atom. The number of para-hydroxylation sites is 1. The van der Waals surface area contributed by atoms with Crippen molar-refractivity contribution in [3.8, 4) is 0 Å². The third-order valence-electron chi connectivity index (χ3n) is 1.15. The summed E-state index contributed by atoms with van der Waals surface area (Å²) in [5.41, 5.74) is 0.620. The predicted molar refractivity (Wildman–Crippen MR) is 49.2 cm³/mol. The summed E-state index contributed by atoms with van der Waals surface area (Å²) in [5.74, 6) is 0. The molecule has 1 aromatic carbocycles. The SMILES string of the molecule is O=C(S)N(Cl)c1ccccc1. The van der Waals surface area contributed by atoms with Crippen molar-refractivity contribution in [3.63, 3.8) is 0 Å². The third-order valence-corrected chi connectivity index (χ3v) is 1.82. The van der Waals surface area contributed by atoms with Gasteiger partial charge in [-0.05, 0) is 12.1 Å². The summed E-state index contributed by atoms with van der Waals surface area (Å²) in [6, 6.07) is 8.88. The first kappa shape index (κ1) is 8.43. The molecule has 0 bridgehead atoms. The highest BCUT2D eigenvalue weighted by atomic mass is 35.5. The molecule has 0 fully saturated rings. The van der Waals surface area contributed by atoms with Crippen LogP contribution in [-0.4, -0.2) is 5.24 Å². The fraction of sp³-hybridized carbons (Fsp3) is 0. The lowest BCUT2D eigenvalue weighted by molar-refractivity contribution is 0.268. The van der Waals surface area contributed by atoms with Gasteiger partial charge in [-0.2, -0.15) is 0 Å². The molecule has 1 rings (SSSR count). The quantitative estimate of drug-likeness (QED) is 0.530. The molecule has 11 heavy (non-hydrogen) atoms. The Morgan fingerprint density at radius 2 is 1.91 bits per heavy atom. The molecule has 0 aliphatic carbocycles. The molecule has 0 aliphatic rings. The van der Waals surface area contributed by atoms with E-state index in [0.717, 1.165) is 4.42 Å². The number of amides is 1. The van der Waals surface area contributed by atoms with Gasteiger partial charge in [-0.1, -0.05) is 30.8 Å². The number of rotatable bonds is 1. The van der Waals surface area contributed by atoms with Crippen LogP contribution in [0.2, 0.25) is 0 Å². The van der Waals surface area contributed by atoms with Gasteiger partial charge in [0, 0.05) is 11.8 Å². The Balaban J connectivity index is 2.85. The van der Waals surface area contributed by atoms with Crippen LogP contribution in [0.3, 0.4) is 0 Å².